The maximum absolute atomic E-state index is 12.2. The standard InChI is InChI=1S/C15H18ClNO2S2/c1-2-13(10-15-14(16)8-9-20-15)17-21(18,19)11-12-6-4-3-5-7-12/h3-9,13,17H,2,10-11H2,1H3/t13-/m1/s1. The number of thiophene rings is 1. The van der Waals surface area contributed by atoms with E-state index in [9.17, 15) is 8.42 Å². The second-order valence-corrected chi connectivity index (χ2v) is 8.03. The fourth-order valence-corrected chi connectivity index (χ4v) is 4.72. The molecule has 0 unspecified atom stereocenters. The van der Waals surface area contributed by atoms with Gasteiger partial charge in [-0.1, -0.05) is 48.9 Å². The average molecular weight is 344 g/mol. The maximum atomic E-state index is 12.2. The molecule has 0 bridgehead atoms. The summed E-state index contributed by atoms with van der Waals surface area (Å²) in [7, 11) is -3.35. The van der Waals surface area contributed by atoms with Crippen LogP contribution in [-0.2, 0) is 22.2 Å². The highest BCUT2D eigenvalue weighted by Gasteiger charge is 2.19. The van der Waals surface area contributed by atoms with Crippen molar-refractivity contribution < 1.29 is 8.42 Å². The zero-order chi connectivity index (χ0) is 15.3. The van der Waals surface area contributed by atoms with E-state index in [0.717, 1.165) is 16.9 Å². The highest BCUT2D eigenvalue weighted by Crippen LogP contribution is 2.24. The maximum Gasteiger partial charge on any atom is 0.216 e. The molecule has 0 aliphatic rings. The third-order valence-electron chi connectivity index (χ3n) is 3.16. The molecular formula is C15H18ClNO2S2. The van der Waals surface area contributed by atoms with Crippen LogP contribution < -0.4 is 4.72 Å². The molecule has 0 aliphatic carbocycles. The van der Waals surface area contributed by atoms with Gasteiger partial charge in [-0.3, -0.25) is 0 Å². The largest absolute Gasteiger partial charge is 0.216 e. The summed E-state index contributed by atoms with van der Waals surface area (Å²) in [6.07, 6.45) is 1.35. The first-order valence-electron chi connectivity index (χ1n) is 6.76. The van der Waals surface area contributed by atoms with Gasteiger partial charge in [-0.25, -0.2) is 13.1 Å². The van der Waals surface area contributed by atoms with E-state index in [-0.39, 0.29) is 11.8 Å². The third kappa shape index (κ3) is 5.11. The monoisotopic (exact) mass is 343 g/mol. The van der Waals surface area contributed by atoms with Crippen LogP contribution in [0.2, 0.25) is 5.02 Å². The van der Waals surface area contributed by atoms with Crippen molar-refractivity contribution in [2.24, 2.45) is 0 Å². The lowest BCUT2D eigenvalue weighted by atomic mass is 10.1. The summed E-state index contributed by atoms with van der Waals surface area (Å²) in [5, 5.41) is 2.63. The third-order valence-corrected chi connectivity index (χ3v) is 5.98. The fourth-order valence-electron chi connectivity index (χ4n) is 2.05. The van der Waals surface area contributed by atoms with Crippen LogP contribution in [0.3, 0.4) is 0 Å². The van der Waals surface area contributed by atoms with E-state index in [2.05, 4.69) is 4.72 Å². The highest BCUT2D eigenvalue weighted by molar-refractivity contribution is 7.88. The number of halogens is 1. The molecule has 0 saturated heterocycles. The Morgan fingerprint density at radius 2 is 1.95 bits per heavy atom. The lowest BCUT2D eigenvalue weighted by Crippen LogP contribution is -2.36. The molecule has 1 aromatic carbocycles. The van der Waals surface area contributed by atoms with Crippen molar-refractivity contribution in [1.82, 2.24) is 4.72 Å². The molecule has 1 atom stereocenters. The molecule has 0 fully saturated rings. The minimum atomic E-state index is -3.35. The topological polar surface area (TPSA) is 46.2 Å². The molecule has 0 spiro atoms. The predicted octanol–water partition coefficient (Wildman–Crippen LogP) is 3.84. The number of benzene rings is 1. The molecular weight excluding hydrogens is 326 g/mol. The number of hydrogen-bond donors (Lipinski definition) is 1. The van der Waals surface area contributed by atoms with E-state index in [1.54, 1.807) is 11.3 Å². The van der Waals surface area contributed by atoms with Gasteiger partial charge < -0.3 is 0 Å². The molecule has 1 N–H and O–H groups in total. The Balaban J connectivity index is 2.02. The van der Waals surface area contributed by atoms with Crippen LogP contribution in [0.5, 0.6) is 0 Å². The average Bonchev–Trinajstić information content (AvgIpc) is 2.84. The quantitative estimate of drug-likeness (QED) is 0.830. The normalized spacial score (nSPS) is 13.2. The Bertz CT molecular complexity index is 668. The first-order chi connectivity index (χ1) is 10.00. The van der Waals surface area contributed by atoms with Crippen LogP contribution in [0.1, 0.15) is 23.8 Å². The summed E-state index contributed by atoms with van der Waals surface area (Å²) < 4.78 is 27.3. The fraction of sp³-hybridized carbons (Fsp3) is 0.333. The van der Waals surface area contributed by atoms with Crippen molar-refractivity contribution in [3.8, 4) is 0 Å². The van der Waals surface area contributed by atoms with Crippen molar-refractivity contribution in [2.75, 3.05) is 0 Å². The molecule has 21 heavy (non-hydrogen) atoms. The van der Waals surface area contributed by atoms with Gasteiger partial charge in [0.1, 0.15) is 0 Å². The molecule has 0 amide bonds. The number of rotatable bonds is 7. The van der Waals surface area contributed by atoms with Crippen molar-refractivity contribution in [3.05, 3.63) is 57.2 Å². The molecule has 2 aromatic rings. The SMILES string of the molecule is CC[C@H](Cc1sccc1Cl)NS(=O)(=O)Cc1ccccc1. The van der Waals surface area contributed by atoms with Crippen LogP contribution in [-0.4, -0.2) is 14.5 Å². The molecule has 6 heteroatoms. The van der Waals surface area contributed by atoms with Gasteiger partial charge in [-0.05, 0) is 29.9 Å². The second kappa shape index (κ2) is 7.40. The number of hydrogen-bond acceptors (Lipinski definition) is 3. The zero-order valence-corrected chi connectivity index (χ0v) is 14.1. The van der Waals surface area contributed by atoms with Crippen molar-refractivity contribution in [1.29, 1.82) is 0 Å². The van der Waals surface area contributed by atoms with Gasteiger partial charge in [0.05, 0.1) is 10.8 Å². The Kier molecular flexibility index (Phi) is 5.81. The minimum absolute atomic E-state index is 0.00249. The van der Waals surface area contributed by atoms with E-state index >= 15 is 0 Å². The van der Waals surface area contributed by atoms with Crippen molar-refractivity contribution >= 4 is 33.0 Å². The van der Waals surface area contributed by atoms with E-state index in [0.29, 0.717) is 11.4 Å². The molecule has 0 aliphatic heterocycles. The summed E-state index contributed by atoms with van der Waals surface area (Å²) in [6.45, 7) is 1.97. The molecule has 114 valence electrons. The molecule has 0 saturated carbocycles. The van der Waals surface area contributed by atoms with Gasteiger partial charge in [-0.2, -0.15) is 0 Å². The second-order valence-electron chi connectivity index (χ2n) is 4.86. The first-order valence-corrected chi connectivity index (χ1v) is 9.67. The number of nitrogens with one attached hydrogen (secondary N) is 1. The summed E-state index contributed by atoms with van der Waals surface area (Å²) in [6, 6.07) is 10.9. The van der Waals surface area contributed by atoms with Gasteiger partial charge in [0.15, 0.2) is 0 Å². The van der Waals surface area contributed by atoms with Crippen LogP contribution in [0, 0.1) is 0 Å². The van der Waals surface area contributed by atoms with Crippen LogP contribution in [0.25, 0.3) is 0 Å². The van der Waals surface area contributed by atoms with E-state index in [1.165, 1.54) is 0 Å². The van der Waals surface area contributed by atoms with Crippen molar-refractivity contribution in [2.45, 2.75) is 31.6 Å². The lowest BCUT2D eigenvalue weighted by Gasteiger charge is -2.16. The van der Waals surface area contributed by atoms with Crippen LogP contribution in [0.15, 0.2) is 41.8 Å². The van der Waals surface area contributed by atoms with Gasteiger partial charge in [0, 0.05) is 10.9 Å². The predicted molar refractivity (Wildman–Crippen MR) is 89.3 cm³/mol. The first kappa shape index (κ1) is 16.5. The Morgan fingerprint density at radius 3 is 2.52 bits per heavy atom. The highest BCUT2D eigenvalue weighted by atomic mass is 35.5. The van der Waals surface area contributed by atoms with Gasteiger partial charge in [0.2, 0.25) is 10.0 Å². The molecule has 0 radical (unpaired) electrons. The van der Waals surface area contributed by atoms with Crippen LogP contribution in [0.4, 0.5) is 0 Å². The Labute approximate surface area is 135 Å². The summed E-state index contributed by atoms with van der Waals surface area (Å²) in [4.78, 5) is 1.02. The molecule has 2 rings (SSSR count). The van der Waals surface area contributed by atoms with E-state index in [4.69, 9.17) is 11.6 Å². The van der Waals surface area contributed by atoms with E-state index in [1.807, 2.05) is 48.7 Å². The Hall–Kier alpha value is -0.880. The molecule has 1 heterocycles. The van der Waals surface area contributed by atoms with Gasteiger partial charge in [-0.15, -0.1) is 11.3 Å². The number of sulfonamides is 1. The van der Waals surface area contributed by atoms with E-state index < -0.39 is 10.0 Å². The van der Waals surface area contributed by atoms with Gasteiger partial charge in [0.25, 0.3) is 0 Å². The zero-order valence-electron chi connectivity index (χ0n) is 11.8. The summed E-state index contributed by atoms with van der Waals surface area (Å²) in [5.74, 6) is 0.00249. The van der Waals surface area contributed by atoms with Gasteiger partial charge >= 0.3 is 0 Å². The lowest BCUT2D eigenvalue weighted by molar-refractivity contribution is 0.538. The van der Waals surface area contributed by atoms with Crippen molar-refractivity contribution in [3.63, 3.8) is 0 Å². The minimum Gasteiger partial charge on any atom is -0.212 e. The smallest absolute Gasteiger partial charge is 0.212 e. The molecule has 1 aromatic heterocycles. The summed E-state index contributed by atoms with van der Waals surface area (Å²) >= 11 is 7.63. The molecule has 3 nitrogen and oxygen atoms in total. The summed E-state index contributed by atoms with van der Waals surface area (Å²) in [5.41, 5.74) is 0.786. The van der Waals surface area contributed by atoms with Crippen LogP contribution >= 0.6 is 22.9 Å². The Morgan fingerprint density at radius 1 is 1.24 bits per heavy atom.